The summed E-state index contributed by atoms with van der Waals surface area (Å²) < 4.78 is 11.7. The molecule has 2 aliphatic rings. The molecule has 0 N–H and O–H groups in total. The summed E-state index contributed by atoms with van der Waals surface area (Å²) in [5.41, 5.74) is 0. The van der Waals surface area contributed by atoms with E-state index in [1.165, 1.54) is 11.3 Å². The van der Waals surface area contributed by atoms with Gasteiger partial charge in [0.25, 0.3) is 5.91 Å². The van der Waals surface area contributed by atoms with Crippen LogP contribution in [-0.4, -0.2) is 61.0 Å². The van der Waals surface area contributed by atoms with Gasteiger partial charge in [-0.25, -0.2) is 0 Å². The van der Waals surface area contributed by atoms with Crippen molar-refractivity contribution >= 4 is 23.2 Å². The van der Waals surface area contributed by atoms with Gasteiger partial charge >= 0.3 is 0 Å². The van der Waals surface area contributed by atoms with Crippen LogP contribution in [-0.2, 0) is 4.79 Å². The minimum atomic E-state index is -0.198. The van der Waals surface area contributed by atoms with E-state index < -0.39 is 0 Å². The zero-order valence-electron chi connectivity index (χ0n) is 15.9. The van der Waals surface area contributed by atoms with E-state index in [0.29, 0.717) is 32.0 Å². The Labute approximate surface area is 168 Å². The molecule has 2 atom stereocenters. The van der Waals surface area contributed by atoms with Gasteiger partial charge in [-0.1, -0.05) is 18.2 Å². The molecule has 2 aliphatic heterocycles. The minimum absolute atomic E-state index is 0.0239. The van der Waals surface area contributed by atoms with Crippen LogP contribution in [0.5, 0.6) is 11.5 Å². The summed E-state index contributed by atoms with van der Waals surface area (Å²) in [6.07, 6.45) is 1.45. The fraction of sp³-hybridized carbons (Fsp3) is 0.429. The first-order valence-corrected chi connectivity index (χ1v) is 10.5. The predicted molar refractivity (Wildman–Crippen MR) is 107 cm³/mol. The van der Waals surface area contributed by atoms with Gasteiger partial charge in [-0.15, -0.1) is 11.3 Å². The van der Waals surface area contributed by atoms with E-state index in [1.807, 2.05) is 46.7 Å². The Bertz CT molecular complexity index is 839. The van der Waals surface area contributed by atoms with E-state index in [9.17, 15) is 9.59 Å². The van der Waals surface area contributed by atoms with Crippen LogP contribution < -0.4 is 9.47 Å². The number of ether oxygens (including phenoxy) is 2. The number of piperidine rings is 1. The largest absolute Gasteiger partial charge is 0.486 e. The van der Waals surface area contributed by atoms with Crippen molar-refractivity contribution in [2.24, 2.45) is 5.92 Å². The fourth-order valence-corrected chi connectivity index (χ4v) is 4.47. The van der Waals surface area contributed by atoms with Gasteiger partial charge in [-0.2, -0.15) is 0 Å². The second kappa shape index (κ2) is 8.22. The van der Waals surface area contributed by atoms with Crippen molar-refractivity contribution in [2.75, 3.05) is 33.3 Å². The van der Waals surface area contributed by atoms with Gasteiger partial charge in [0.15, 0.2) is 17.6 Å². The van der Waals surface area contributed by atoms with E-state index in [1.54, 1.807) is 11.9 Å². The zero-order valence-corrected chi connectivity index (χ0v) is 16.7. The van der Waals surface area contributed by atoms with Crippen molar-refractivity contribution in [3.05, 3.63) is 46.7 Å². The number of fused-ring (bicyclic) bond motifs is 1. The number of nitrogens with zero attached hydrogens (tertiary/aromatic N) is 2. The van der Waals surface area contributed by atoms with Crippen LogP contribution in [0.4, 0.5) is 0 Å². The SMILES string of the molecule is CN(C[C@H]1COc2ccccc2O1)C(=O)[C@@H]1CCCN(C(=O)c2cccs2)C1. The summed E-state index contributed by atoms with van der Waals surface area (Å²) in [4.78, 5) is 29.8. The molecule has 6 nitrogen and oxygen atoms in total. The third-order valence-corrected chi connectivity index (χ3v) is 6.07. The number of hydrogen-bond donors (Lipinski definition) is 0. The lowest BCUT2D eigenvalue weighted by Gasteiger charge is -2.35. The molecule has 28 heavy (non-hydrogen) atoms. The molecule has 0 bridgehead atoms. The van der Waals surface area contributed by atoms with Crippen molar-refractivity contribution < 1.29 is 19.1 Å². The molecule has 0 aliphatic carbocycles. The second-order valence-corrected chi connectivity index (χ2v) is 8.23. The molecule has 2 amide bonds. The van der Waals surface area contributed by atoms with Gasteiger partial charge in [0.05, 0.1) is 17.3 Å². The van der Waals surface area contributed by atoms with Crippen molar-refractivity contribution in [3.63, 3.8) is 0 Å². The molecule has 3 heterocycles. The molecule has 2 aromatic rings. The van der Waals surface area contributed by atoms with Gasteiger partial charge in [0, 0.05) is 20.1 Å². The predicted octanol–water partition coefficient (Wildman–Crippen LogP) is 2.90. The third-order valence-electron chi connectivity index (χ3n) is 5.21. The van der Waals surface area contributed by atoms with Crippen LogP contribution in [0.15, 0.2) is 41.8 Å². The first-order chi connectivity index (χ1) is 13.6. The number of benzene rings is 1. The molecule has 148 valence electrons. The van der Waals surface area contributed by atoms with Crippen LogP contribution in [0, 0.1) is 5.92 Å². The maximum Gasteiger partial charge on any atom is 0.263 e. The number of likely N-dealkylation sites (N-methyl/N-ethyl adjacent to an activating group) is 1. The van der Waals surface area contributed by atoms with E-state index in [2.05, 4.69) is 0 Å². The molecule has 4 rings (SSSR count). The standard InChI is InChI=1S/C21H24N2O4S/c1-22(13-16-14-26-17-7-2-3-8-18(17)27-16)20(24)15-6-4-10-23(12-15)21(25)19-9-5-11-28-19/h2-3,5,7-9,11,15-16H,4,6,10,12-14H2,1H3/t15-,16+/m1/s1. The number of carbonyl (C=O) groups excluding carboxylic acids is 2. The Balaban J connectivity index is 1.34. The summed E-state index contributed by atoms with van der Waals surface area (Å²) in [6, 6.07) is 11.3. The monoisotopic (exact) mass is 400 g/mol. The molecule has 1 aromatic carbocycles. The molecule has 1 saturated heterocycles. The molecule has 1 fully saturated rings. The Morgan fingerprint density at radius 1 is 1.21 bits per heavy atom. The van der Waals surface area contributed by atoms with Crippen LogP contribution >= 0.6 is 11.3 Å². The first kappa shape index (κ1) is 18.8. The number of hydrogen-bond acceptors (Lipinski definition) is 5. The summed E-state index contributed by atoms with van der Waals surface area (Å²) in [6.45, 7) is 2.07. The summed E-state index contributed by atoms with van der Waals surface area (Å²) in [7, 11) is 1.80. The lowest BCUT2D eigenvalue weighted by molar-refractivity contribution is -0.137. The molecule has 0 spiro atoms. The van der Waals surface area contributed by atoms with Gasteiger partial charge in [-0.3, -0.25) is 9.59 Å². The second-order valence-electron chi connectivity index (χ2n) is 7.28. The average Bonchev–Trinajstić information content (AvgIpc) is 3.27. The van der Waals surface area contributed by atoms with Gasteiger partial charge in [0.2, 0.25) is 5.91 Å². The fourth-order valence-electron chi connectivity index (χ4n) is 3.78. The highest BCUT2D eigenvalue weighted by atomic mass is 32.1. The van der Waals surface area contributed by atoms with Crippen LogP contribution in [0.1, 0.15) is 22.5 Å². The quantitative estimate of drug-likeness (QED) is 0.792. The highest BCUT2D eigenvalue weighted by Gasteiger charge is 2.32. The molecule has 0 unspecified atom stereocenters. The summed E-state index contributed by atoms with van der Waals surface area (Å²) in [5, 5.41) is 1.90. The number of carbonyl (C=O) groups is 2. The lowest BCUT2D eigenvalue weighted by atomic mass is 9.96. The van der Waals surface area contributed by atoms with Crippen molar-refractivity contribution in [1.29, 1.82) is 0 Å². The van der Waals surface area contributed by atoms with E-state index in [4.69, 9.17) is 9.47 Å². The lowest BCUT2D eigenvalue weighted by Crippen LogP contribution is -2.48. The molecule has 0 radical (unpaired) electrons. The molecule has 1 aromatic heterocycles. The Morgan fingerprint density at radius 3 is 2.82 bits per heavy atom. The van der Waals surface area contributed by atoms with Crippen molar-refractivity contribution in [1.82, 2.24) is 9.80 Å². The Morgan fingerprint density at radius 2 is 2.04 bits per heavy atom. The minimum Gasteiger partial charge on any atom is -0.486 e. The van der Waals surface area contributed by atoms with Gasteiger partial charge < -0.3 is 19.3 Å². The number of thiophene rings is 1. The van der Waals surface area contributed by atoms with Crippen molar-refractivity contribution in [3.8, 4) is 11.5 Å². The smallest absolute Gasteiger partial charge is 0.263 e. The molecule has 0 saturated carbocycles. The van der Waals surface area contributed by atoms with Crippen molar-refractivity contribution in [2.45, 2.75) is 18.9 Å². The number of amides is 2. The van der Waals surface area contributed by atoms with Gasteiger partial charge in [-0.05, 0) is 36.4 Å². The summed E-state index contributed by atoms with van der Waals surface area (Å²) in [5.74, 6) is 1.37. The third kappa shape index (κ3) is 3.99. The normalized spacial score (nSPS) is 21.2. The van der Waals surface area contributed by atoms with Crippen LogP contribution in [0.25, 0.3) is 0 Å². The molecular weight excluding hydrogens is 376 g/mol. The Kier molecular flexibility index (Phi) is 5.52. The highest BCUT2D eigenvalue weighted by Crippen LogP contribution is 2.31. The average molecular weight is 401 g/mol. The Hall–Kier alpha value is -2.54. The van der Waals surface area contributed by atoms with E-state index in [0.717, 1.165) is 23.5 Å². The van der Waals surface area contributed by atoms with Crippen LogP contribution in [0.2, 0.25) is 0 Å². The van der Waals surface area contributed by atoms with E-state index in [-0.39, 0.29) is 23.8 Å². The summed E-state index contributed by atoms with van der Waals surface area (Å²) >= 11 is 1.44. The zero-order chi connectivity index (χ0) is 19.5. The maximum absolute atomic E-state index is 13.0. The topological polar surface area (TPSA) is 59.1 Å². The first-order valence-electron chi connectivity index (χ1n) is 9.58. The number of para-hydroxylation sites is 2. The van der Waals surface area contributed by atoms with E-state index >= 15 is 0 Å². The molecular formula is C21H24N2O4S. The maximum atomic E-state index is 13.0. The van der Waals surface area contributed by atoms with Crippen LogP contribution in [0.3, 0.4) is 0 Å². The highest BCUT2D eigenvalue weighted by molar-refractivity contribution is 7.12. The molecule has 7 heteroatoms. The number of rotatable bonds is 4. The number of likely N-dealkylation sites (tertiary alicyclic amines) is 1. The van der Waals surface area contributed by atoms with Gasteiger partial charge in [0.1, 0.15) is 6.61 Å².